The van der Waals surface area contributed by atoms with Crippen molar-refractivity contribution in [1.82, 2.24) is 15.3 Å². The predicted molar refractivity (Wildman–Crippen MR) is 130 cm³/mol. The van der Waals surface area contributed by atoms with Gasteiger partial charge in [-0.1, -0.05) is 30.3 Å². The van der Waals surface area contributed by atoms with Gasteiger partial charge >= 0.3 is 5.51 Å². The van der Waals surface area contributed by atoms with Gasteiger partial charge < -0.3 is 26.5 Å². The summed E-state index contributed by atoms with van der Waals surface area (Å²) in [6.07, 6.45) is -1.70. The quantitative estimate of drug-likeness (QED) is 0.234. The molecule has 0 bridgehead atoms. The Labute approximate surface area is 207 Å². The van der Waals surface area contributed by atoms with Crippen molar-refractivity contribution in [3.8, 4) is 0 Å². The van der Waals surface area contributed by atoms with Crippen molar-refractivity contribution in [2.24, 2.45) is 0 Å². The van der Waals surface area contributed by atoms with Gasteiger partial charge in [-0.15, -0.1) is 0 Å². The van der Waals surface area contributed by atoms with Crippen LogP contribution in [0.3, 0.4) is 0 Å². The molecule has 6 N–H and O–H groups in total. The van der Waals surface area contributed by atoms with Crippen LogP contribution >= 0.6 is 11.8 Å². The van der Waals surface area contributed by atoms with E-state index in [0.29, 0.717) is 22.3 Å². The number of alkyl halides is 3. The molecular weight excluding hydrogens is 495 g/mol. The standard InChI is InChI=1S/C24H20F3N5O3S/c25-24(26,27)36-16-9-6-14(7-10-16)21(34)32-19(13-4-2-1-3-5-13)20(33)22(35)29-15-8-11-17-18(12-15)31-23(28)30-17/h1-12,19-20,33H,(H,29,35)(H,32,34)(H3,28,30,31). The van der Waals surface area contributed by atoms with E-state index in [9.17, 15) is 27.9 Å². The summed E-state index contributed by atoms with van der Waals surface area (Å²) in [6, 6.07) is 16.9. The fourth-order valence-corrected chi connectivity index (χ4v) is 4.05. The van der Waals surface area contributed by atoms with Gasteiger partial charge in [0, 0.05) is 16.1 Å². The number of carbonyl (C=O) groups is 2. The minimum Gasteiger partial charge on any atom is -0.381 e. The van der Waals surface area contributed by atoms with Crippen LogP contribution in [0.15, 0.2) is 77.7 Å². The van der Waals surface area contributed by atoms with Crippen LogP contribution in [0.25, 0.3) is 11.0 Å². The largest absolute Gasteiger partial charge is 0.446 e. The third-order valence-corrected chi connectivity index (χ3v) is 5.89. The molecule has 186 valence electrons. The summed E-state index contributed by atoms with van der Waals surface area (Å²) in [7, 11) is 0. The number of anilines is 2. The molecule has 8 nitrogen and oxygen atoms in total. The van der Waals surface area contributed by atoms with E-state index in [1.807, 2.05) is 0 Å². The van der Waals surface area contributed by atoms with Crippen LogP contribution in [-0.2, 0) is 4.79 Å². The number of amides is 2. The second kappa shape index (κ2) is 10.3. The number of thioether (sulfide) groups is 1. The number of nitrogen functional groups attached to an aromatic ring is 1. The van der Waals surface area contributed by atoms with Gasteiger partial charge in [0.15, 0.2) is 12.1 Å². The molecule has 0 fully saturated rings. The Morgan fingerprint density at radius 3 is 2.39 bits per heavy atom. The van der Waals surface area contributed by atoms with Gasteiger partial charge in [-0.05, 0) is 59.8 Å². The van der Waals surface area contributed by atoms with E-state index < -0.39 is 29.5 Å². The fraction of sp³-hybridized carbons (Fsp3) is 0.125. The smallest absolute Gasteiger partial charge is 0.381 e. The van der Waals surface area contributed by atoms with Crippen LogP contribution in [0.2, 0.25) is 0 Å². The van der Waals surface area contributed by atoms with Gasteiger partial charge in [-0.25, -0.2) is 4.98 Å². The van der Waals surface area contributed by atoms with Crippen LogP contribution in [0.4, 0.5) is 24.8 Å². The fourth-order valence-electron chi connectivity index (χ4n) is 3.51. The molecule has 12 heteroatoms. The topological polar surface area (TPSA) is 133 Å². The SMILES string of the molecule is Nc1nc2ccc(NC(=O)C(O)C(NC(=O)c3ccc(SC(F)(F)F)cc3)c3ccccc3)cc2[nH]1. The summed E-state index contributed by atoms with van der Waals surface area (Å²) in [6.45, 7) is 0. The molecule has 36 heavy (non-hydrogen) atoms. The first-order valence-electron chi connectivity index (χ1n) is 10.5. The number of carbonyl (C=O) groups excluding carboxylic acids is 2. The van der Waals surface area contributed by atoms with Gasteiger partial charge in [0.2, 0.25) is 0 Å². The number of aliphatic hydroxyl groups excluding tert-OH is 1. The number of halogens is 3. The number of H-pyrrole nitrogens is 1. The van der Waals surface area contributed by atoms with E-state index in [1.165, 1.54) is 24.3 Å². The summed E-state index contributed by atoms with van der Waals surface area (Å²) in [5, 5.41) is 16.1. The third kappa shape index (κ3) is 6.15. The first kappa shape index (κ1) is 25.1. The molecule has 0 saturated heterocycles. The van der Waals surface area contributed by atoms with Crippen LogP contribution in [0, 0.1) is 0 Å². The first-order chi connectivity index (χ1) is 17.1. The number of aliphatic hydroxyl groups is 1. The van der Waals surface area contributed by atoms with E-state index >= 15 is 0 Å². The van der Waals surface area contributed by atoms with E-state index in [1.54, 1.807) is 48.5 Å². The summed E-state index contributed by atoms with van der Waals surface area (Å²) >= 11 is -0.294. The molecule has 4 aromatic rings. The number of nitrogens with zero attached hydrogens (tertiary/aromatic N) is 1. The number of rotatable bonds is 7. The summed E-state index contributed by atoms with van der Waals surface area (Å²) in [5.74, 6) is -1.24. The van der Waals surface area contributed by atoms with Crippen LogP contribution in [0.5, 0.6) is 0 Å². The number of aromatic nitrogens is 2. The van der Waals surface area contributed by atoms with E-state index in [0.717, 1.165) is 0 Å². The lowest BCUT2D eigenvalue weighted by atomic mass is 10.00. The number of hydrogen-bond acceptors (Lipinski definition) is 6. The summed E-state index contributed by atoms with van der Waals surface area (Å²) < 4.78 is 37.7. The van der Waals surface area contributed by atoms with Crippen molar-refractivity contribution in [3.05, 3.63) is 83.9 Å². The molecule has 3 aromatic carbocycles. The molecule has 0 aliphatic rings. The molecule has 2 amide bonds. The molecule has 2 unspecified atom stereocenters. The summed E-state index contributed by atoms with van der Waals surface area (Å²) in [4.78, 5) is 32.6. The van der Waals surface area contributed by atoms with Crippen molar-refractivity contribution >= 4 is 46.2 Å². The Morgan fingerprint density at radius 2 is 1.72 bits per heavy atom. The van der Waals surface area contributed by atoms with Crippen LogP contribution < -0.4 is 16.4 Å². The van der Waals surface area contributed by atoms with Crippen molar-refractivity contribution in [2.75, 3.05) is 11.1 Å². The van der Waals surface area contributed by atoms with Gasteiger partial charge in [0.05, 0.1) is 17.1 Å². The molecule has 2 atom stereocenters. The van der Waals surface area contributed by atoms with Crippen molar-refractivity contribution in [3.63, 3.8) is 0 Å². The monoisotopic (exact) mass is 515 g/mol. The Bertz CT molecular complexity index is 1380. The first-order valence-corrected chi connectivity index (χ1v) is 11.4. The lowest BCUT2D eigenvalue weighted by Crippen LogP contribution is -2.42. The second-order valence-corrected chi connectivity index (χ2v) is 8.86. The molecule has 1 heterocycles. The average Bonchev–Trinajstić information content (AvgIpc) is 3.21. The number of aromatic amines is 1. The zero-order chi connectivity index (χ0) is 25.9. The van der Waals surface area contributed by atoms with E-state index in [4.69, 9.17) is 5.73 Å². The number of nitrogens with one attached hydrogen (secondary N) is 3. The highest BCUT2D eigenvalue weighted by molar-refractivity contribution is 8.00. The highest BCUT2D eigenvalue weighted by Gasteiger charge is 2.31. The predicted octanol–water partition coefficient (Wildman–Crippen LogP) is 4.23. The van der Waals surface area contributed by atoms with E-state index in [2.05, 4.69) is 20.6 Å². The molecule has 0 radical (unpaired) electrons. The number of imidazole rings is 1. The Morgan fingerprint density at radius 1 is 1.03 bits per heavy atom. The second-order valence-electron chi connectivity index (χ2n) is 7.72. The molecule has 0 aliphatic carbocycles. The highest BCUT2D eigenvalue weighted by atomic mass is 32.2. The maximum Gasteiger partial charge on any atom is 0.446 e. The number of nitrogens with two attached hydrogens (primary N) is 1. The molecule has 0 spiro atoms. The van der Waals surface area contributed by atoms with Gasteiger partial charge in [-0.2, -0.15) is 13.2 Å². The molecule has 1 aromatic heterocycles. The number of hydrogen-bond donors (Lipinski definition) is 5. The zero-order valence-electron chi connectivity index (χ0n) is 18.4. The number of fused-ring (bicyclic) bond motifs is 1. The maximum atomic E-state index is 12.9. The average molecular weight is 516 g/mol. The Kier molecular flexibility index (Phi) is 7.17. The number of benzene rings is 3. The Hall–Kier alpha value is -4.03. The lowest BCUT2D eigenvalue weighted by molar-refractivity contribution is -0.125. The van der Waals surface area contributed by atoms with Crippen LogP contribution in [0.1, 0.15) is 22.0 Å². The van der Waals surface area contributed by atoms with Crippen molar-refractivity contribution in [2.45, 2.75) is 22.5 Å². The Balaban J connectivity index is 1.52. The minimum absolute atomic E-state index is 0.0670. The summed E-state index contributed by atoms with van der Waals surface area (Å²) in [5.41, 5.74) is 3.26. The van der Waals surface area contributed by atoms with Gasteiger partial charge in [0.25, 0.3) is 11.8 Å². The van der Waals surface area contributed by atoms with Crippen LogP contribution in [-0.4, -0.2) is 38.5 Å². The normalized spacial score (nSPS) is 13.2. The zero-order valence-corrected chi connectivity index (χ0v) is 19.2. The molecule has 4 rings (SSSR count). The molecular formula is C24H20F3N5O3S. The third-order valence-electron chi connectivity index (χ3n) is 5.15. The minimum atomic E-state index is -4.45. The highest BCUT2D eigenvalue weighted by Crippen LogP contribution is 2.36. The maximum absolute atomic E-state index is 12.9. The molecule has 0 saturated carbocycles. The van der Waals surface area contributed by atoms with E-state index in [-0.39, 0.29) is 28.2 Å². The van der Waals surface area contributed by atoms with Crippen molar-refractivity contribution < 1.29 is 27.9 Å². The van der Waals surface area contributed by atoms with Crippen molar-refractivity contribution in [1.29, 1.82) is 0 Å². The lowest BCUT2D eigenvalue weighted by Gasteiger charge is -2.24. The molecule has 0 aliphatic heterocycles. The van der Waals surface area contributed by atoms with Gasteiger partial charge in [-0.3, -0.25) is 9.59 Å². The van der Waals surface area contributed by atoms with Gasteiger partial charge in [0.1, 0.15) is 0 Å².